The fourth-order valence-corrected chi connectivity index (χ4v) is 4.89. The number of carbonyl (C=O) groups excluding carboxylic acids is 2. The molecule has 11 heteroatoms. The molecule has 39 heavy (non-hydrogen) atoms. The smallest absolute Gasteiger partial charge is 0.330 e. The quantitative estimate of drug-likeness (QED) is 0.236. The fourth-order valence-electron chi connectivity index (χ4n) is 3.98. The molecule has 0 fully saturated rings. The number of aromatic nitrogens is 2. The molecule has 2 heterocycles. The molecule has 5 aromatic rings. The van der Waals surface area contributed by atoms with Crippen molar-refractivity contribution >= 4 is 44.2 Å². The van der Waals surface area contributed by atoms with E-state index in [2.05, 4.69) is 20.8 Å². The first-order valence-electron chi connectivity index (χ1n) is 11.8. The number of amides is 1. The summed E-state index contributed by atoms with van der Waals surface area (Å²) in [5, 5.41) is 10.7. The summed E-state index contributed by atoms with van der Waals surface area (Å²) in [7, 11) is 2.66. The predicted octanol–water partition coefficient (Wildman–Crippen LogP) is 5.42. The molecule has 1 unspecified atom stereocenters. The number of esters is 1. The second kappa shape index (κ2) is 11.4. The van der Waals surface area contributed by atoms with Crippen molar-refractivity contribution in [3.8, 4) is 22.6 Å². The highest BCUT2D eigenvalue weighted by molar-refractivity contribution is 7.22. The van der Waals surface area contributed by atoms with Gasteiger partial charge in [-0.2, -0.15) is 0 Å². The van der Waals surface area contributed by atoms with E-state index in [1.165, 1.54) is 37.7 Å². The van der Waals surface area contributed by atoms with Crippen LogP contribution in [0.1, 0.15) is 10.4 Å². The molecule has 0 saturated carbocycles. The molecule has 0 saturated heterocycles. The summed E-state index contributed by atoms with van der Waals surface area (Å²) >= 11 is 1.34. The van der Waals surface area contributed by atoms with E-state index in [0.29, 0.717) is 27.5 Å². The number of anilines is 2. The molecule has 3 aromatic carbocycles. The number of fused-ring (bicyclic) bond motifs is 1. The van der Waals surface area contributed by atoms with Crippen LogP contribution in [0.4, 0.5) is 15.2 Å². The Kier molecular flexibility index (Phi) is 7.62. The summed E-state index contributed by atoms with van der Waals surface area (Å²) in [5.74, 6) is -1.27. The molecule has 0 aliphatic heterocycles. The van der Waals surface area contributed by atoms with Crippen LogP contribution < -0.4 is 10.6 Å². The van der Waals surface area contributed by atoms with Crippen molar-refractivity contribution in [3.05, 3.63) is 84.2 Å². The highest BCUT2D eigenvalue weighted by Gasteiger charge is 2.29. The average molecular weight is 547 g/mol. The molecule has 198 valence electrons. The van der Waals surface area contributed by atoms with Gasteiger partial charge in [-0.15, -0.1) is 0 Å². The van der Waals surface area contributed by atoms with Gasteiger partial charge in [0.2, 0.25) is 0 Å². The average Bonchev–Trinajstić information content (AvgIpc) is 3.57. The number of benzene rings is 3. The molecule has 2 aromatic heterocycles. The van der Waals surface area contributed by atoms with Gasteiger partial charge >= 0.3 is 5.97 Å². The van der Waals surface area contributed by atoms with Gasteiger partial charge in [0, 0.05) is 23.9 Å². The van der Waals surface area contributed by atoms with E-state index in [9.17, 15) is 14.0 Å². The van der Waals surface area contributed by atoms with E-state index in [1.54, 1.807) is 30.3 Å². The van der Waals surface area contributed by atoms with Crippen LogP contribution in [0.3, 0.4) is 0 Å². The largest absolute Gasteiger partial charge is 0.467 e. The molecular weight excluding hydrogens is 523 g/mol. The van der Waals surface area contributed by atoms with Gasteiger partial charge in [-0.3, -0.25) is 4.79 Å². The van der Waals surface area contributed by atoms with Crippen LogP contribution in [0.5, 0.6) is 0 Å². The lowest BCUT2D eigenvalue weighted by atomic mass is 10.0. The van der Waals surface area contributed by atoms with Crippen molar-refractivity contribution in [2.24, 2.45) is 0 Å². The number of ether oxygens (including phenoxy) is 2. The Labute approximate surface area is 226 Å². The Morgan fingerprint density at radius 2 is 1.79 bits per heavy atom. The van der Waals surface area contributed by atoms with Crippen molar-refractivity contribution in [2.75, 3.05) is 26.1 Å². The number of hydrogen-bond donors (Lipinski definition) is 2. The zero-order valence-electron chi connectivity index (χ0n) is 20.9. The first-order valence-corrected chi connectivity index (χ1v) is 12.6. The Bertz CT molecular complexity index is 1620. The van der Waals surface area contributed by atoms with E-state index < -0.39 is 17.9 Å². The second-order valence-electron chi connectivity index (χ2n) is 8.44. The van der Waals surface area contributed by atoms with Crippen molar-refractivity contribution in [3.63, 3.8) is 0 Å². The lowest BCUT2D eigenvalue weighted by molar-refractivity contribution is -0.144. The van der Waals surface area contributed by atoms with E-state index >= 15 is 0 Å². The number of thiazole rings is 1. The molecule has 2 N–H and O–H groups in total. The maximum atomic E-state index is 13.5. The van der Waals surface area contributed by atoms with E-state index in [1.807, 2.05) is 30.3 Å². The van der Waals surface area contributed by atoms with Crippen molar-refractivity contribution in [1.29, 1.82) is 0 Å². The normalized spacial score (nSPS) is 11.8. The number of nitrogens with zero attached hydrogens (tertiary/aromatic N) is 2. The van der Waals surface area contributed by atoms with Gasteiger partial charge in [-0.1, -0.05) is 59.0 Å². The Morgan fingerprint density at radius 1 is 1.03 bits per heavy atom. The molecule has 1 atom stereocenters. The van der Waals surface area contributed by atoms with Gasteiger partial charge in [0.05, 0.1) is 23.9 Å². The molecule has 0 radical (unpaired) electrons. The maximum absolute atomic E-state index is 13.5. The van der Waals surface area contributed by atoms with Crippen molar-refractivity contribution in [2.45, 2.75) is 6.04 Å². The lowest BCUT2D eigenvalue weighted by Gasteiger charge is -2.16. The van der Waals surface area contributed by atoms with Crippen LogP contribution >= 0.6 is 11.3 Å². The van der Waals surface area contributed by atoms with Crippen LogP contribution in [0.25, 0.3) is 32.8 Å². The SMILES string of the molecule is COCC(NC(=O)c1c(-c2ccc(Nc3nc4ccc(F)cc4s3)cc2)noc1-c1ccccc1)C(=O)OC. The van der Waals surface area contributed by atoms with E-state index in [4.69, 9.17) is 14.0 Å². The van der Waals surface area contributed by atoms with E-state index in [0.717, 1.165) is 10.4 Å². The van der Waals surface area contributed by atoms with Gasteiger partial charge in [0.15, 0.2) is 16.9 Å². The predicted molar refractivity (Wildman–Crippen MR) is 145 cm³/mol. The molecule has 9 nitrogen and oxygen atoms in total. The monoisotopic (exact) mass is 546 g/mol. The van der Waals surface area contributed by atoms with Crippen LogP contribution in [0, 0.1) is 5.82 Å². The van der Waals surface area contributed by atoms with Crippen LogP contribution in [-0.4, -0.2) is 48.9 Å². The maximum Gasteiger partial charge on any atom is 0.330 e. The zero-order chi connectivity index (χ0) is 27.4. The van der Waals surface area contributed by atoms with E-state index in [-0.39, 0.29) is 23.7 Å². The zero-order valence-corrected chi connectivity index (χ0v) is 21.8. The molecular formula is C28H23FN4O5S. The summed E-state index contributed by atoms with van der Waals surface area (Å²) in [6, 6.07) is 19.7. The lowest BCUT2D eigenvalue weighted by Crippen LogP contribution is -2.44. The standard InChI is InChI=1S/C28H23FN4O5S/c1-36-15-21(27(35)37-2)31-26(34)23-24(33-38-25(23)17-6-4-3-5-7-17)16-8-11-19(12-9-16)30-28-32-20-13-10-18(29)14-22(20)39-28/h3-14,21H,15H2,1-2H3,(H,30,32)(H,31,34). The third-order valence-corrected chi connectivity index (χ3v) is 6.77. The summed E-state index contributed by atoms with van der Waals surface area (Å²) in [4.78, 5) is 30.2. The first kappa shape index (κ1) is 26.0. The second-order valence-corrected chi connectivity index (χ2v) is 9.47. The molecule has 1 amide bonds. The number of rotatable bonds is 9. The molecule has 0 aliphatic rings. The molecule has 0 spiro atoms. The molecule has 0 bridgehead atoms. The number of nitrogens with one attached hydrogen (secondary N) is 2. The third-order valence-electron chi connectivity index (χ3n) is 5.84. The number of carbonyl (C=O) groups is 2. The summed E-state index contributed by atoms with van der Waals surface area (Å²) in [6.07, 6.45) is 0. The number of methoxy groups -OCH3 is 2. The third kappa shape index (κ3) is 5.64. The van der Waals surface area contributed by atoms with Gasteiger partial charge < -0.3 is 24.6 Å². The van der Waals surface area contributed by atoms with Gasteiger partial charge in [-0.05, 0) is 30.3 Å². The van der Waals surface area contributed by atoms with Gasteiger partial charge in [0.25, 0.3) is 5.91 Å². The minimum absolute atomic E-state index is 0.0710. The van der Waals surface area contributed by atoms with Crippen LogP contribution in [0.2, 0.25) is 0 Å². The Balaban J connectivity index is 1.46. The first-order chi connectivity index (χ1) is 19.0. The Morgan fingerprint density at radius 3 is 2.51 bits per heavy atom. The minimum Gasteiger partial charge on any atom is -0.467 e. The van der Waals surface area contributed by atoms with Crippen LogP contribution in [0.15, 0.2) is 77.3 Å². The minimum atomic E-state index is -1.02. The fraction of sp³-hybridized carbons (Fsp3) is 0.143. The summed E-state index contributed by atoms with van der Waals surface area (Å²) in [6.45, 7) is -0.0710. The van der Waals surface area contributed by atoms with Crippen molar-refractivity contribution in [1.82, 2.24) is 15.5 Å². The molecule has 0 aliphatic carbocycles. The molecule has 5 rings (SSSR count). The van der Waals surface area contributed by atoms with Crippen LogP contribution in [-0.2, 0) is 14.3 Å². The summed E-state index contributed by atoms with van der Waals surface area (Å²) < 4.78 is 29.8. The van der Waals surface area contributed by atoms with Crippen molar-refractivity contribution < 1.29 is 28.0 Å². The van der Waals surface area contributed by atoms with Gasteiger partial charge in [-0.25, -0.2) is 14.2 Å². The topological polar surface area (TPSA) is 116 Å². The highest BCUT2D eigenvalue weighted by Crippen LogP contribution is 2.34. The van der Waals surface area contributed by atoms with Gasteiger partial charge in [0.1, 0.15) is 17.1 Å². The number of hydrogen-bond acceptors (Lipinski definition) is 9. The number of halogens is 1. The highest BCUT2D eigenvalue weighted by atomic mass is 32.1. The summed E-state index contributed by atoms with van der Waals surface area (Å²) in [5.41, 5.74) is 3.17. The Hall–Kier alpha value is -4.61.